The summed E-state index contributed by atoms with van der Waals surface area (Å²) in [6.07, 6.45) is 1.92. The summed E-state index contributed by atoms with van der Waals surface area (Å²) in [6.45, 7) is 1.54. The van der Waals surface area contributed by atoms with Gasteiger partial charge in [-0.1, -0.05) is 6.07 Å². The van der Waals surface area contributed by atoms with Gasteiger partial charge >= 0.3 is 0 Å². The number of carbonyl (C=O) groups excluding carboxylic acids is 1. The fourth-order valence-electron chi connectivity index (χ4n) is 2.80. The fraction of sp³-hybridized carbons (Fsp3) is 0.500. The van der Waals surface area contributed by atoms with Crippen molar-refractivity contribution in [2.24, 2.45) is 0 Å². The van der Waals surface area contributed by atoms with Crippen molar-refractivity contribution in [2.45, 2.75) is 12.8 Å². The maximum Gasteiger partial charge on any atom is 0.254 e. The van der Waals surface area contributed by atoms with Crippen molar-refractivity contribution in [2.75, 3.05) is 36.5 Å². The van der Waals surface area contributed by atoms with Crippen molar-refractivity contribution >= 4 is 21.4 Å². The zero-order valence-corrected chi connectivity index (χ0v) is 12.1. The lowest BCUT2D eigenvalue weighted by atomic mass is 9.97. The minimum atomic E-state index is -2.95. The molecule has 0 atom stereocenters. The molecule has 5 nitrogen and oxygen atoms in total. The largest absolute Gasteiger partial charge is 0.385 e. The predicted octanol–water partition coefficient (Wildman–Crippen LogP) is 0.915. The smallest absolute Gasteiger partial charge is 0.254 e. The predicted molar refractivity (Wildman–Crippen MR) is 77.8 cm³/mol. The summed E-state index contributed by atoms with van der Waals surface area (Å²) in [5.74, 6) is 0.110. The quantitative estimate of drug-likeness (QED) is 0.836. The average molecular weight is 294 g/mol. The third-order valence-corrected chi connectivity index (χ3v) is 5.57. The Morgan fingerprint density at radius 3 is 2.70 bits per heavy atom. The lowest BCUT2D eigenvalue weighted by Gasteiger charge is -2.29. The number of nitrogens with zero attached hydrogens (tertiary/aromatic N) is 1. The van der Waals surface area contributed by atoms with E-state index >= 15 is 0 Å². The van der Waals surface area contributed by atoms with Crippen LogP contribution < -0.4 is 5.32 Å². The molecule has 20 heavy (non-hydrogen) atoms. The Morgan fingerprint density at radius 2 is 1.95 bits per heavy atom. The number of anilines is 1. The zero-order valence-electron chi connectivity index (χ0n) is 11.3. The van der Waals surface area contributed by atoms with E-state index in [0.717, 1.165) is 30.6 Å². The van der Waals surface area contributed by atoms with E-state index in [1.165, 1.54) is 0 Å². The first-order valence-corrected chi connectivity index (χ1v) is 8.74. The highest BCUT2D eigenvalue weighted by Gasteiger charge is 2.27. The number of rotatable bonds is 1. The molecule has 0 aromatic heterocycles. The molecule has 2 aliphatic rings. The highest BCUT2D eigenvalue weighted by Crippen LogP contribution is 2.26. The van der Waals surface area contributed by atoms with Crippen LogP contribution in [-0.2, 0) is 16.3 Å². The van der Waals surface area contributed by atoms with Crippen LogP contribution in [0.2, 0.25) is 0 Å². The second-order valence-electron chi connectivity index (χ2n) is 5.31. The molecule has 1 amide bonds. The maximum absolute atomic E-state index is 12.6. The normalized spacial score (nSPS) is 20.9. The first kappa shape index (κ1) is 13.4. The van der Waals surface area contributed by atoms with Crippen LogP contribution in [0.25, 0.3) is 0 Å². The fourth-order valence-corrected chi connectivity index (χ4v) is 4.00. The van der Waals surface area contributed by atoms with Gasteiger partial charge in [0.25, 0.3) is 5.91 Å². The number of hydrogen-bond donors (Lipinski definition) is 1. The highest BCUT2D eigenvalue weighted by molar-refractivity contribution is 7.91. The Bertz CT molecular complexity index is 626. The molecule has 0 spiro atoms. The first-order chi connectivity index (χ1) is 9.57. The molecule has 0 aliphatic carbocycles. The summed E-state index contributed by atoms with van der Waals surface area (Å²) in [5.41, 5.74) is 2.82. The van der Waals surface area contributed by atoms with Crippen LogP contribution in [-0.4, -0.2) is 50.4 Å². The van der Waals surface area contributed by atoms with Crippen molar-refractivity contribution in [1.29, 1.82) is 0 Å². The Balaban J connectivity index is 1.85. The molecule has 2 heterocycles. The number of hydrogen-bond acceptors (Lipinski definition) is 4. The Kier molecular flexibility index (Phi) is 3.41. The van der Waals surface area contributed by atoms with Crippen LogP contribution in [0.5, 0.6) is 0 Å². The second-order valence-corrected chi connectivity index (χ2v) is 7.61. The Hall–Kier alpha value is -1.56. The van der Waals surface area contributed by atoms with Gasteiger partial charge in [-0.2, -0.15) is 0 Å². The lowest BCUT2D eigenvalue weighted by molar-refractivity contribution is 0.0769. The van der Waals surface area contributed by atoms with Crippen LogP contribution in [0, 0.1) is 0 Å². The van der Waals surface area contributed by atoms with Gasteiger partial charge in [-0.15, -0.1) is 0 Å². The number of nitrogens with one attached hydrogen (secondary N) is 1. The third kappa shape index (κ3) is 2.52. The number of fused-ring (bicyclic) bond motifs is 1. The molecule has 0 saturated carbocycles. The van der Waals surface area contributed by atoms with E-state index in [9.17, 15) is 13.2 Å². The average Bonchev–Trinajstić information content (AvgIpc) is 2.46. The molecule has 3 rings (SSSR count). The summed E-state index contributed by atoms with van der Waals surface area (Å²) < 4.78 is 22.9. The van der Waals surface area contributed by atoms with Gasteiger partial charge in [0, 0.05) is 30.9 Å². The van der Waals surface area contributed by atoms with Gasteiger partial charge in [-0.25, -0.2) is 8.42 Å². The van der Waals surface area contributed by atoms with E-state index in [-0.39, 0.29) is 17.4 Å². The zero-order chi connectivity index (χ0) is 14.2. The van der Waals surface area contributed by atoms with Gasteiger partial charge in [-0.05, 0) is 30.5 Å². The molecular formula is C14H18N2O3S. The number of sulfone groups is 1. The SMILES string of the molecule is O=C(c1cccc2c1CCCN2)N1CCS(=O)(=O)CC1. The van der Waals surface area contributed by atoms with Crippen molar-refractivity contribution in [3.8, 4) is 0 Å². The van der Waals surface area contributed by atoms with E-state index in [0.29, 0.717) is 18.7 Å². The van der Waals surface area contributed by atoms with Crippen LogP contribution in [0.3, 0.4) is 0 Å². The standard InChI is InChI=1S/C14H18N2O3S/c17-14(16-7-9-20(18,19)10-8-16)12-3-1-5-13-11(12)4-2-6-15-13/h1,3,5,15H,2,4,6-10H2. The van der Waals surface area contributed by atoms with Gasteiger partial charge < -0.3 is 10.2 Å². The Labute approximate surface area is 118 Å². The van der Waals surface area contributed by atoms with Gasteiger partial charge in [-0.3, -0.25) is 4.79 Å². The van der Waals surface area contributed by atoms with Crippen molar-refractivity contribution < 1.29 is 13.2 Å². The molecule has 108 valence electrons. The third-order valence-electron chi connectivity index (χ3n) is 3.96. The van der Waals surface area contributed by atoms with Crippen molar-refractivity contribution in [1.82, 2.24) is 4.90 Å². The van der Waals surface area contributed by atoms with E-state index in [4.69, 9.17) is 0 Å². The van der Waals surface area contributed by atoms with Crippen LogP contribution in [0.1, 0.15) is 22.3 Å². The molecule has 1 fully saturated rings. The van der Waals surface area contributed by atoms with E-state index in [1.807, 2.05) is 18.2 Å². The van der Waals surface area contributed by atoms with Gasteiger partial charge in [0.05, 0.1) is 11.5 Å². The van der Waals surface area contributed by atoms with E-state index in [2.05, 4.69) is 5.32 Å². The number of carbonyl (C=O) groups is 1. The molecule has 1 aromatic rings. The maximum atomic E-state index is 12.6. The summed E-state index contributed by atoms with van der Waals surface area (Å²) in [7, 11) is -2.95. The lowest BCUT2D eigenvalue weighted by Crippen LogP contribution is -2.44. The molecule has 1 N–H and O–H groups in total. The molecule has 0 radical (unpaired) electrons. The molecule has 1 saturated heterocycles. The molecule has 2 aliphatic heterocycles. The molecular weight excluding hydrogens is 276 g/mol. The monoisotopic (exact) mass is 294 g/mol. The van der Waals surface area contributed by atoms with Crippen molar-refractivity contribution in [3.05, 3.63) is 29.3 Å². The second kappa shape index (κ2) is 5.09. The Morgan fingerprint density at radius 1 is 1.20 bits per heavy atom. The van der Waals surface area contributed by atoms with Gasteiger partial charge in [0.2, 0.25) is 0 Å². The summed E-state index contributed by atoms with van der Waals surface area (Å²) >= 11 is 0. The highest BCUT2D eigenvalue weighted by atomic mass is 32.2. The summed E-state index contributed by atoms with van der Waals surface area (Å²) in [6, 6.07) is 5.72. The number of benzene rings is 1. The summed E-state index contributed by atoms with van der Waals surface area (Å²) in [5, 5.41) is 3.31. The van der Waals surface area contributed by atoms with E-state index in [1.54, 1.807) is 4.90 Å². The molecule has 0 bridgehead atoms. The topological polar surface area (TPSA) is 66.5 Å². The minimum absolute atomic E-state index is 0.0412. The minimum Gasteiger partial charge on any atom is -0.385 e. The number of amides is 1. The summed E-state index contributed by atoms with van der Waals surface area (Å²) in [4.78, 5) is 14.2. The van der Waals surface area contributed by atoms with E-state index < -0.39 is 9.84 Å². The van der Waals surface area contributed by atoms with Gasteiger partial charge in [0.15, 0.2) is 9.84 Å². The van der Waals surface area contributed by atoms with Crippen LogP contribution >= 0.6 is 0 Å². The molecule has 1 aromatic carbocycles. The first-order valence-electron chi connectivity index (χ1n) is 6.92. The van der Waals surface area contributed by atoms with Gasteiger partial charge in [0.1, 0.15) is 0 Å². The van der Waals surface area contributed by atoms with Crippen LogP contribution in [0.4, 0.5) is 5.69 Å². The molecule has 6 heteroatoms. The molecule has 0 unspecified atom stereocenters. The van der Waals surface area contributed by atoms with Crippen molar-refractivity contribution in [3.63, 3.8) is 0 Å². The van der Waals surface area contributed by atoms with Crippen LogP contribution in [0.15, 0.2) is 18.2 Å².